The summed E-state index contributed by atoms with van der Waals surface area (Å²) in [5.41, 5.74) is 0. The van der Waals surface area contributed by atoms with Gasteiger partial charge in [-0.1, -0.05) is 0 Å². The number of hydrogen-bond acceptors (Lipinski definition) is 8. The molecule has 0 rings (SSSR count). The number of methoxy groups -OCH3 is 1. The van der Waals surface area contributed by atoms with E-state index in [1.165, 1.54) is 7.11 Å². The zero-order chi connectivity index (χ0) is 15.6. The van der Waals surface area contributed by atoms with Gasteiger partial charge in [-0.2, -0.15) is 0 Å². The average Bonchev–Trinajstić information content (AvgIpc) is 2.51. The smallest absolute Gasteiger partial charge is 0.180 e. The van der Waals surface area contributed by atoms with Gasteiger partial charge in [0.25, 0.3) is 0 Å². The quantitative estimate of drug-likeness (QED) is 0.261. The first-order chi connectivity index (χ1) is 10.3. The molecule has 2 N–H and O–H groups in total. The Labute approximate surface area is 125 Å². The van der Waals surface area contributed by atoms with Crippen molar-refractivity contribution in [2.24, 2.45) is 0 Å². The fourth-order valence-electron chi connectivity index (χ4n) is 1.26. The van der Waals surface area contributed by atoms with Crippen LogP contribution >= 0.6 is 0 Å². The topological polar surface area (TPSA) is 95.8 Å². The summed E-state index contributed by atoms with van der Waals surface area (Å²) in [7, 11) is 1.47. The van der Waals surface area contributed by atoms with E-state index >= 15 is 0 Å². The Balaban J connectivity index is 3.02. The lowest BCUT2D eigenvalue weighted by atomic mass is 10.6. The van der Waals surface area contributed by atoms with Gasteiger partial charge in [0.05, 0.1) is 72.7 Å². The summed E-state index contributed by atoms with van der Waals surface area (Å²) in [4.78, 5) is 0. The zero-order valence-corrected chi connectivity index (χ0v) is 12.7. The van der Waals surface area contributed by atoms with E-state index in [0.717, 1.165) is 0 Å². The van der Waals surface area contributed by atoms with Crippen LogP contribution in [0, 0.1) is 0 Å². The molecular formula is C13H28O8. The van der Waals surface area contributed by atoms with Crippen molar-refractivity contribution in [3.8, 4) is 0 Å². The second kappa shape index (κ2) is 17.7. The molecule has 21 heavy (non-hydrogen) atoms. The molecule has 8 nitrogen and oxygen atoms in total. The number of aliphatic hydroxyl groups excluding tert-OH is 2. The highest BCUT2D eigenvalue weighted by molar-refractivity contribution is 4.39. The van der Waals surface area contributed by atoms with E-state index in [4.69, 9.17) is 38.6 Å². The standard InChI is InChI=1S/C13H28O8/c1-16-13(12-15)21-11-10-20-9-8-19-7-6-18-5-4-17-3-2-14/h13-15H,2-12H2,1H3. The molecule has 0 aromatic carbocycles. The van der Waals surface area contributed by atoms with Crippen LogP contribution in [0.4, 0.5) is 0 Å². The lowest BCUT2D eigenvalue weighted by Gasteiger charge is -2.13. The summed E-state index contributed by atoms with van der Waals surface area (Å²) < 4.78 is 30.8. The van der Waals surface area contributed by atoms with Crippen molar-refractivity contribution in [2.75, 3.05) is 79.8 Å². The second-order valence-corrected chi connectivity index (χ2v) is 3.89. The van der Waals surface area contributed by atoms with Crippen LogP contribution in [0.5, 0.6) is 0 Å². The molecule has 0 aromatic rings. The number of ether oxygens (including phenoxy) is 6. The van der Waals surface area contributed by atoms with Crippen molar-refractivity contribution in [2.45, 2.75) is 6.29 Å². The van der Waals surface area contributed by atoms with E-state index in [9.17, 15) is 0 Å². The first-order valence-electron chi connectivity index (χ1n) is 7.02. The van der Waals surface area contributed by atoms with Gasteiger partial charge < -0.3 is 38.6 Å². The maximum absolute atomic E-state index is 8.79. The minimum Gasteiger partial charge on any atom is -0.394 e. The minimum absolute atomic E-state index is 0.0281. The van der Waals surface area contributed by atoms with Gasteiger partial charge in [0, 0.05) is 7.11 Å². The van der Waals surface area contributed by atoms with Gasteiger partial charge in [-0.15, -0.1) is 0 Å². The van der Waals surface area contributed by atoms with Crippen molar-refractivity contribution < 1.29 is 38.6 Å². The minimum atomic E-state index is -0.594. The highest BCUT2D eigenvalue weighted by Gasteiger charge is 2.03. The Morgan fingerprint density at radius 3 is 1.48 bits per heavy atom. The van der Waals surface area contributed by atoms with E-state index in [-0.39, 0.29) is 13.2 Å². The Morgan fingerprint density at radius 2 is 1.10 bits per heavy atom. The first-order valence-corrected chi connectivity index (χ1v) is 7.02. The van der Waals surface area contributed by atoms with E-state index in [1.807, 2.05) is 0 Å². The van der Waals surface area contributed by atoms with E-state index in [2.05, 4.69) is 0 Å². The van der Waals surface area contributed by atoms with Crippen LogP contribution in [0.3, 0.4) is 0 Å². The van der Waals surface area contributed by atoms with Crippen LogP contribution in [-0.4, -0.2) is 96.3 Å². The molecule has 0 saturated carbocycles. The van der Waals surface area contributed by atoms with Gasteiger partial charge in [0.1, 0.15) is 0 Å². The highest BCUT2D eigenvalue weighted by atomic mass is 16.7. The normalized spacial score (nSPS) is 12.7. The van der Waals surface area contributed by atoms with Crippen LogP contribution in [0.15, 0.2) is 0 Å². The third kappa shape index (κ3) is 15.9. The molecule has 128 valence electrons. The summed E-state index contributed by atoms with van der Waals surface area (Å²) in [6.07, 6.45) is -0.594. The molecule has 0 radical (unpaired) electrons. The first kappa shape index (κ1) is 20.7. The fraction of sp³-hybridized carbons (Fsp3) is 1.00. The van der Waals surface area contributed by atoms with Crippen molar-refractivity contribution in [1.82, 2.24) is 0 Å². The van der Waals surface area contributed by atoms with Crippen molar-refractivity contribution in [3.63, 3.8) is 0 Å². The molecule has 8 heteroatoms. The third-order valence-corrected chi connectivity index (χ3v) is 2.30. The maximum atomic E-state index is 8.79. The summed E-state index contributed by atoms with van der Waals surface area (Å²) in [6.45, 7) is 3.88. The molecule has 1 atom stereocenters. The largest absolute Gasteiger partial charge is 0.394 e. The molecular weight excluding hydrogens is 284 g/mol. The van der Waals surface area contributed by atoms with E-state index < -0.39 is 6.29 Å². The Kier molecular flexibility index (Phi) is 17.5. The molecule has 0 fully saturated rings. The number of hydrogen-bond donors (Lipinski definition) is 2. The Bertz CT molecular complexity index is 189. The Hall–Kier alpha value is -0.320. The predicted molar refractivity (Wildman–Crippen MR) is 74.2 cm³/mol. The summed E-state index contributed by atoms with van der Waals surface area (Å²) in [5.74, 6) is 0. The average molecular weight is 312 g/mol. The predicted octanol–water partition coefficient (Wildman–Crippen LogP) is -0.973. The second-order valence-electron chi connectivity index (χ2n) is 3.89. The van der Waals surface area contributed by atoms with E-state index in [0.29, 0.717) is 59.5 Å². The number of aliphatic hydroxyl groups is 2. The van der Waals surface area contributed by atoms with Crippen molar-refractivity contribution in [3.05, 3.63) is 0 Å². The van der Waals surface area contributed by atoms with Crippen LogP contribution in [-0.2, 0) is 28.4 Å². The summed E-state index contributed by atoms with van der Waals surface area (Å²) >= 11 is 0. The highest BCUT2D eigenvalue weighted by Crippen LogP contribution is 1.91. The zero-order valence-electron chi connectivity index (χ0n) is 12.7. The molecule has 0 spiro atoms. The van der Waals surface area contributed by atoms with Gasteiger partial charge in [-0.3, -0.25) is 0 Å². The van der Waals surface area contributed by atoms with Crippen LogP contribution < -0.4 is 0 Å². The van der Waals surface area contributed by atoms with Crippen LogP contribution in [0.2, 0.25) is 0 Å². The summed E-state index contributed by atoms with van der Waals surface area (Å²) in [6, 6.07) is 0. The van der Waals surface area contributed by atoms with Crippen molar-refractivity contribution >= 4 is 0 Å². The van der Waals surface area contributed by atoms with Crippen LogP contribution in [0.1, 0.15) is 0 Å². The molecule has 0 amide bonds. The number of rotatable bonds is 17. The van der Waals surface area contributed by atoms with Crippen LogP contribution in [0.25, 0.3) is 0 Å². The van der Waals surface area contributed by atoms with Gasteiger partial charge in [-0.05, 0) is 0 Å². The third-order valence-electron chi connectivity index (χ3n) is 2.30. The molecule has 0 aliphatic heterocycles. The molecule has 0 aliphatic carbocycles. The monoisotopic (exact) mass is 312 g/mol. The lowest BCUT2D eigenvalue weighted by Crippen LogP contribution is -2.22. The Morgan fingerprint density at radius 1 is 0.667 bits per heavy atom. The van der Waals surface area contributed by atoms with Crippen molar-refractivity contribution in [1.29, 1.82) is 0 Å². The molecule has 1 unspecified atom stereocenters. The van der Waals surface area contributed by atoms with Gasteiger partial charge in [-0.25, -0.2) is 0 Å². The molecule has 0 bridgehead atoms. The lowest BCUT2D eigenvalue weighted by molar-refractivity contribution is -0.154. The summed E-state index contributed by atoms with van der Waals surface area (Å²) in [5, 5.41) is 17.3. The SMILES string of the molecule is COC(CO)OCCOCCOCCOCCOCCO. The van der Waals surface area contributed by atoms with Gasteiger partial charge in [0.15, 0.2) is 6.29 Å². The van der Waals surface area contributed by atoms with Gasteiger partial charge in [0.2, 0.25) is 0 Å². The van der Waals surface area contributed by atoms with E-state index in [1.54, 1.807) is 0 Å². The molecule has 0 aliphatic rings. The van der Waals surface area contributed by atoms with Gasteiger partial charge >= 0.3 is 0 Å². The maximum Gasteiger partial charge on any atom is 0.180 e. The molecule has 0 saturated heterocycles. The molecule has 0 heterocycles. The fourth-order valence-corrected chi connectivity index (χ4v) is 1.26. The molecule has 0 aromatic heterocycles.